The average molecular weight is 331 g/mol. The topological polar surface area (TPSA) is 39.9 Å². The summed E-state index contributed by atoms with van der Waals surface area (Å²) in [5.41, 5.74) is -0.786. The normalized spacial score (nSPS) is 22.4. The number of thiophene rings is 1. The van der Waals surface area contributed by atoms with Gasteiger partial charge in [0.05, 0.1) is 0 Å². The van der Waals surface area contributed by atoms with E-state index in [-0.39, 0.29) is 5.82 Å². The lowest BCUT2D eigenvalue weighted by Crippen LogP contribution is -2.29. The van der Waals surface area contributed by atoms with Crippen molar-refractivity contribution >= 4 is 11.3 Å². The Hall–Kier alpha value is -1.41. The number of hydrogen-bond acceptors (Lipinski definition) is 4. The van der Waals surface area contributed by atoms with Gasteiger partial charge in [-0.05, 0) is 31.2 Å². The van der Waals surface area contributed by atoms with E-state index < -0.39 is 18.3 Å². The lowest BCUT2D eigenvalue weighted by atomic mass is 10.0. The van der Waals surface area contributed by atoms with E-state index in [4.69, 9.17) is 4.74 Å². The van der Waals surface area contributed by atoms with Gasteiger partial charge < -0.3 is 4.74 Å². The van der Waals surface area contributed by atoms with E-state index in [9.17, 15) is 13.2 Å². The molecule has 3 rings (SSSR count). The minimum atomic E-state index is -4.34. The van der Waals surface area contributed by atoms with Crippen LogP contribution in [-0.2, 0) is 23.3 Å². The minimum absolute atomic E-state index is 0.272. The molecular weight excluding hydrogens is 315 g/mol. The Morgan fingerprint density at radius 3 is 2.86 bits per heavy atom. The van der Waals surface area contributed by atoms with E-state index in [0.717, 1.165) is 16.0 Å². The van der Waals surface area contributed by atoms with Gasteiger partial charge in [-0.1, -0.05) is 6.07 Å². The van der Waals surface area contributed by atoms with Crippen LogP contribution in [0, 0.1) is 0 Å². The Kier molecular flexibility index (Phi) is 3.98. The van der Waals surface area contributed by atoms with Gasteiger partial charge in [-0.2, -0.15) is 18.3 Å². The summed E-state index contributed by atoms with van der Waals surface area (Å²) < 4.78 is 45.0. The molecular formula is C14H16F3N3OS. The van der Waals surface area contributed by atoms with E-state index in [1.54, 1.807) is 6.92 Å². The molecule has 0 aromatic carbocycles. The first-order valence-electron chi connectivity index (χ1n) is 7.03. The molecule has 8 heteroatoms. The van der Waals surface area contributed by atoms with Gasteiger partial charge in [0, 0.05) is 17.9 Å². The predicted molar refractivity (Wildman–Crippen MR) is 75.7 cm³/mol. The fourth-order valence-corrected chi connectivity index (χ4v) is 3.36. The molecule has 1 saturated heterocycles. The number of hydrogen-bond donors (Lipinski definition) is 0. The molecule has 0 unspecified atom stereocenters. The summed E-state index contributed by atoms with van der Waals surface area (Å²) >= 11 is 1.53. The highest BCUT2D eigenvalue weighted by atomic mass is 32.1. The summed E-state index contributed by atoms with van der Waals surface area (Å²) in [5.74, 6) is 0.673. The van der Waals surface area contributed by atoms with Crippen LogP contribution in [0.2, 0.25) is 0 Å². The van der Waals surface area contributed by atoms with Crippen molar-refractivity contribution in [3.8, 4) is 0 Å². The zero-order valence-electron chi connectivity index (χ0n) is 12.1. The largest absolute Gasteiger partial charge is 0.408 e. The highest BCUT2D eigenvalue weighted by Crippen LogP contribution is 2.35. The summed E-state index contributed by atoms with van der Waals surface area (Å²) in [6.07, 6.45) is -2.43. The predicted octanol–water partition coefficient (Wildman–Crippen LogP) is 3.52. The average Bonchev–Trinajstić information content (AvgIpc) is 3.10. The van der Waals surface area contributed by atoms with Crippen LogP contribution >= 0.6 is 11.3 Å². The van der Waals surface area contributed by atoms with Crippen LogP contribution in [0.25, 0.3) is 0 Å². The molecule has 0 bridgehead atoms. The zero-order valence-corrected chi connectivity index (χ0v) is 12.9. The first-order valence-corrected chi connectivity index (χ1v) is 7.91. The van der Waals surface area contributed by atoms with Crippen molar-refractivity contribution in [1.29, 1.82) is 0 Å². The van der Waals surface area contributed by atoms with Gasteiger partial charge in [0.1, 0.15) is 12.1 Å². The van der Waals surface area contributed by atoms with Crippen LogP contribution in [0.1, 0.15) is 36.3 Å². The number of nitrogens with zero attached hydrogens (tertiary/aromatic N) is 3. The number of ether oxygens (including phenoxy) is 1. The maximum absolute atomic E-state index is 12.8. The molecule has 4 nitrogen and oxygen atoms in total. The highest BCUT2D eigenvalue weighted by Gasteiger charge is 2.40. The lowest BCUT2D eigenvalue weighted by Gasteiger charge is -2.22. The standard InChI is InChI=1S/C14H16F3N3OS/c1-13(5-3-6-21-13)12-18-11(8-10-4-2-7-22-10)19-20(12)9-14(15,16)17/h2,4,7H,3,5-6,8-9H2,1H3/t13-/m1/s1. The zero-order chi connectivity index (χ0) is 15.8. The molecule has 0 aliphatic carbocycles. The van der Waals surface area contributed by atoms with Crippen LogP contribution in [0.3, 0.4) is 0 Å². The summed E-state index contributed by atoms with van der Waals surface area (Å²) in [4.78, 5) is 5.38. The maximum Gasteiger partial charge on any atom is 0.408 e. The first kappa shape index (κ1) is 15.5. The van der Waals surface area contributed by atoms with Crippen molar-refractivity contribution in [3.05, 3.63) is 34.0 Å². The molecule has 1 fully saturated rings. The molecule has 2 aromatic heterocycles. The van der Waals surface area contributed by atoms with Gasteiger partial charge in [-0.3, -0.25) is 0 Å². The van der Waals surface area contributed by atoms with E-state index in [0.29, 0.717) is 25.3 Å². The van der Waals surface area contributed by atoms with Crippen LogP contribution in [0.4, 0.5) is 13.2 Å². The Bertz CT molecular complexity index is 630. The van der Waals surface area contributed by atoms with Crippen LogP contribution in [-0.4, -0.2) is 27.5 Å². The molecule has 22 heavy (non-hydrogen) atoms. The second-order valence-electron chi connectivity index (χ2n) is 5.56. The van der Waals surface area contributed by atoms with Gasteiger partial charge in [0.25, 0.3) is 0 Å². The molecule has 120 valence electrons. The van der Waals surface area contributed by atoms with Crippen molar-refractivity contribution in [3.63, 3.8) is 0 Å². The summed E-state index contributed by atoms with van der Waals surface area (Å²) in [5, 5.41) is 5.99. The van der Waals surface area contributed by atoms with Crippen molar-refractivity contribution < 1.29 is 17.9 Å². The molecule has 0 radical (unpaired) electrons. The minimum Gasteiger partial charge on any atom is -0.367 e. The first-order chi connectivity index (χ1) is 10.4. The van der Waals surface area contributed by atoms with Gasteiger partial charge in [-0.15, -0.1) is 11.3 Å². The van der Waals surface area contributed by atoms with Crippen molar-refractivity contribution in [2.45, 2.75) is 44.5 Å². The van der Waals surface area contributed by atoms with Gasteiger partial charge >= 0.3 is 6.18 Å². The summed E-state index contributed by atoms with van der Waals surface area (Å²) in [7, 11) is 0. The molecule has 1 atom stereocenters. The van der Waals surface area contributed by atoms with Gasteiger partial charge in [0.15, 0.2) is 11.6 Å². The van der Waals surface area contributed by atoms with Crippen molar-refractivity contribution in [2.75, 3.05) is 6.61 Å². The molecule has 0 N–H and O–H groups in total. The van der Waals surface area contributed by atoms with E-state index in [1.807, 2.05) is 17.5 Å². The fourth-order valence-electron chi connectivity index (χ4n) is 2.66. The number of halogens is 3. The molecule has 0 spiro atoms. The van der Waals surface area contributed by atoms with Crippen LogP contribution in [0.15, 0.2) is 17.5 Å². The summed E-state index contributed by atoms with van der Waals surface area (Å²) in [6.45, 7) is 1.18. The summed E-state index contributed by atoms with van der Waals surface area (Å²) in [6, 6.07) is 3.82. The molecule has 3 heterocycles. The Balaban J connectivity index is 1.93. The van der Waals surface area contributed by atoms with E-state index in [2.05, 4.69) is 10.1 Å². The molecule has 1 aliphatic heterocycles. The maximum atomic E-state index is 12.8. The number of rotatable bonds is 4. The molecule has 2 aromatic rings. The van der Waals surface area contributed by atoms with Gasteiger partial charge in [0.2, 0.25) is 0 Å². The second kappa shape index (κ2) is 5.66. The number of alkyl halides is 3. The fraction of sp³-hybridized carbons (Fsp3) is 0.571. The van der Waals surface area contributed by atoms with Crippen LogP contribution < -0.4 is 0 Å². The highest BCUT2D eigenvalue weighted by molar-refractivity contribution is 7.09. The van der Waals surface area contributed by atoms with Gasteiger partial charge in [-0.25, -0.2) is 9.67 Å². The Morgan fingerprint density at radius 1 is 1.45 bits per heavy atom. The lowest BCUT2D eigenvalue weighted by molar-refractivity contribution is -0.144. The third-order valence-corrected chi connectivity index (χ3v) is 4.53. The van der Waals surface area contributed by atoms with Crippen molar-refractivity contribution in [2.24, 2.45) is 0 Å². The quantitative estimate of drug-likeness (QED) is 0.861. The Labute approximate surface area is 129 Å². The van der Waals surface area contributed by atoms with E-state index >= 15 is 0 Å². The third-order valence-electron chi connectivity index (χ3n) is 3.65. The Morgan fingerprint density at radius 2 is 2.27 bits per heavy atom. The van der Waals surface area contributed by atoms with Crippen LogP contribution in [0.5, 0.6) is 0 Å². The molecule has 0 amide bonds. The molecule has 1 aliphatic rings. The smallest absolute Gasteiger partial charge is 0.367 e. The van der Waals surface area contributed by atoms with Crippen molar-refractivity contribution in [1.82, 2.24) is 14.8 Å². The monoisotopic (exact) mass is 331 g/mol. The SMILES string of the molecule is C[C@]1(c2nc(Cc3cccs3)nn2CC(F)(F)F)CCCO1. The van der Waals surface area contributed by atoms with E-state index in [1.165, 1.54) is 11.3 Å². The molecule has 0 saturated carbocycles. The third kappa shape index (κ3) is 3.33. The second-order valence-corrected chi connectivity index (χ2v) is 6.60. The number of aromatic nitrogens is 3.